The van der Waals surface area contributed by atoms with Crippen molar-refractivity contribution >= 4 is 22.9 Å². The lowest BCUT2D eigenvalue weighted by Gasteiger charge is -2.17. The molecule has 10 nitrogen and oxygen atoms in total. The number of imidazole rings is 1. The minimum atomic E-state index is -1.34. The van der Waals surface area contributed by atoms with E-state index < -0.39 is 30.4 Å². The lowest BCUT2D eigenvalue weighted by molar-refractivity contribution is -0.137. The second-order valence-corrected chi connectivity index (χ2v) is 6.71. The van der Waals surface area contributed by atoms with Crippen LogP contribution in [0, 0.1) is 0 Å². The third-order valence-electron chi connectivity index (χ3n) is 5.07. The minimum Gasteiger partial charge on any atom is -0.387 e. The molecule has 1 amide bonds. The molecule has 4 N–H and O–H groups in total. The first-order valence-electron chi connectivity index (χ1n) is 8.77. The van der Waals surface area contributed by atoms with Crippen LogP contribution in [0.15, 0.2) is 12.7 Å². The monoisotopic (exact) mass is 362 g/mol. The predicted molar refractivity (Wildman–Crippen MR) is 91.2 cm³/mol. The van der Waals surface area contributed by atoms with Crippen molar-refractivity contribution in [2.24, 2.45) is 0 Å². The number of likely N-dealkylation sites (N-methyl/N-ethyl adjacent to an activating group) is 1. The summed E-state index contributed by atoms with van der Waals surface area (Å²) in [7, 11) is 1.44. The number of nitrogens with zero attached hydrogens (tertiary/aromatic N) is 4. The van der Waals surface area contributed by atoms with E-state index in [0.29, 0.717) is 23.0 Å². The number of amides is 1. The zero-order chi connectivity index (χ0) is 18.3. The molecule has 0 unspecified atom stereocenters. The molecule has 1 saturated heterocycles. The summed E-state index contributed by atoms with van der Waals surface area (Å²) in [6.45, 7) is 0. The van der Waals surface area contributed by atoms with Gasteiger partial charge in [0.1, 0.15) is 18.5 Å². The van der Waals surface area contributed by atoms with Crippen LogP contribution in [0.1, 0.15) is 31.9 Å². The molecule has 1 aliphatic heterocycles. The molecular weight excluding hydrogens is 340 g/mol. The van der Waals surface area contributed by atoms with E-state index in [0.717, 1.165) is 12.8 Å². The fourth-order valence-corrected chi connectivity index (χ4v) is 3.66. The first kappa shape index (κ1) is 17.1. The standard InChI is InChI=1S/C16H22N6O4/c1-17-15(25)12-10(23)11(24)16(26-12)22-7-20-9-13(18-6-19-14(9)22)21-8-4-2-3-5-8/h6-8,10-12,16,23-24H,2-5H2,1H3,(H,17,25)(H,18,19,21)/t10-,11+,12-,16+/m0/s1. The second-order valence-electron chi connectivity index (χ2n) is 6.71. The Balaban J connectivity index is 1.64. The van der Waals surface area contributed by atoms with Gasteiger partial charge in [0.15, 0.2) is 29.3 Å². The molecule has 0 bridgehead atoms. The molecule has 3 heterocycles. The maximum Gasteiger partial charge on any atom is 0.251 e. The summed E-state index contributed by atoms with van der Waals surface area (Å²) in [6, 6.07) is 0.367. The van der Waals surface area contributed by atoms with E-state index in [1.165, 1.54) is 37.1 Å². The molecule has 1 aliphatic carbocycles. The van der Waals surface area contributed by atoms with E-state index in [2.05, 4.69) is 25.6 Å². The van der Waals surface area contributed by atoms with Gasteiger partial charge in [0.2, 0.25) is 0 Å². The number of aromatic nitrogens is 4. The van der Waals surface area contributed by atoms with E-state index in [-0.39, 0.29) is 0 Å². The Morgan fingerprint density at radius 1 is 1.23 bits per heavy atom. The Morgan fingerprint density at radius 2 is 2.00 bits per heavy atom. The molecule has 0 radical (unpaired) electrons. The van der Waals surface area contributed by atoms with Crippen molar-refractivity contribution in [3.8, 4) is 0 Å². The van der Waals surface area contributed by atoms with E-state index in [4.69, 9.17) is 4.74 Å². The van der Waals surface area contributed by atoms with Crippen LogP contribution in [0.2, 0.25) is 0 Å². The SMILES string of the molecule is CNC(=O)[C@H]1O[C@@H](n2cnc3c(NC4CCCC4)ncnc32)[C@H](O)[C@@H]1O. The van der Waals surface area contributed by atoms with Crippen LogP contribution < -0.4 is 10.6 Å². The number of fused-ring (bicyclic) bond motifs is 1. The number of aliphatic hydroxyl groups excluding tert-OH is 2. The van der Waals surface area contributed by atoms with Gasteiger partial charge in [-0.25, -0.2) is 15.0 Å². The number of nitrogens with one attached hydrogen (secondary N) is 2. The van der Waals surface area contributed by atoms with Crippen molar-refractivity contribution in [3.05, 3.63) is 12.7 Å². The zero-order valence-corrected chi connectivity index (χ0v) is 14.4. The summed E-state index contributed by atoms with van der Waals surface area (Å²) in [4.78, 5) is 24.7. The van der Waals surface area contributed by atoms with E-state index in [9.17, 15) is 15.0 Å². The van der Waals surface area contributed by atoms with Gasteiger partial charge in [-0.15, -0.1) is 0 Å². The quantitative estimate of drug-likeness (QED) is 0.574. The number of carbonyl (C=O) groups excluding carboxylic acids is 1. The van der Waals surface area contributed by atoms with E-state index in [1.54, 1.807) is 0 Å². The van der Waals surface area contributed by atoms with Crippen molar-refractivity contribution in [2.75, 3.05) is 12.4 Å². The van der Waals surface area contributed by atoms with Crippen molar-refractivity contribution in [2.45, 2.75) is 56.3 Å². The Morgan fingerprint density at radius 3 is 2.73 bits per heavy atom. The molecule has 10 heteroatoms. The van der Waals surface area contributed by atoms with Crippen molar-refractivity contribution in [3.63, 3.8) is 0 Å². The van der Waals surface area contributed by atoms with Crippen LogP contribution in [0.25, 0.3) is 11.2 Å². The van der Waals surface area contributed by atoms with Gasteiger partial charge in [0, 0.05) is 13.1 Å². The maximum atomic E-state index is 11.8. The summed E-state index contributed by atoms with van der Waals surface area (Å²) >= 11 is 0. The second kappa shape index (κ2) is 6.78. The van der Waals surface area contributed by atoms with Crippen molar-refractivity contribution < 1.29 is 19.7 Å². The average molecular weight is 362 g/mol. The van der Waals surface area contributed by atoms with Crippen LogP contribution >= 0.6 is 0 Å². The molecular formula is C16H22N6O4. The Kier molecular flexibility index (Phi) is 4.47. The van der Waals surface area contributed by atoms with Gasteiger partial charge < -0.3 is 25.6 Å². The largest absolute Gasteiger partial charge is 0.387 e. The molecule has 26 heavy (non-hydrogen) atoms. The summed E-state index contributed by atoms with van der Waals surface area (Å²) < 4.78 is 7.12. The lowest BCUT2D eigenvalue weighted by atomic mass is 10.1. The molecule has 4 rings (SSSR count). The van der Waals surface area contributed by atoms with Gasteiger partial charge in [0.05, 0.1) is 6.33 Å². The fourth-order valence-electron chi connectivity index (χ4n) is 3.66. The first-order valence-corrected chi connectivity index (χ1v) is 8.77. The van der Waals surface area contributed by atoms with Gasteiger partial charge in [-0.2, -0.15) is 0 Å². The van der Waals surface area contributed by atoms with E-state index in [1.807, 2.05) is 0 Å². The van der Waals surface area contributed by atoms with Gasteiger partial charge in [-0.05, 0) is 12.8 Å². The molecule has 2 aromatic rings. The number of ether oxygens (including phenoxy) is 1. The van der Waals surface area contributed by atoms with E-state index >= 15 is 0 Å². The molecule has 0 aromatic carbocycles. The number of hydrogen-bond donors (Lipinski definition) is 4. The highest BCUT2D eigenvalue weighted by Gasteiger charge is 2.47. The Bertz CT molecular complexity index is 805. The molecule has 2 aliphatic rings. The van der Waals surface area contributed by atoms with Crippen LogP contribution in [-0.2, 0) is 9.53 Å². The van der Waals surface area contributed by atoms with Gasteiger partial charge >= 0.3 is 0 Å². The molecule has 2 fully saturated rings. The summed E-state index contributed by atoms with van der Waals surface area (Å²) in [5, 5.41) is 26.3. The third-order valence-corrected chi connectivity index (χ3v) is 5.07. The minimum absolute atomic E-state index is 0.367. The predicted octanol–water partition coefficient (Wildman–Crippen LogP) is -0.454. The maximum absolute atomic E-state index is 11.8. The van der Waals surface area contributed by atoms with Gasteiger partial charge in [-0.3, -0.25) is 9.36 Å². The van der Waals surface area contributed by atoms with Crippen LogP contribution in [0.4, 0.5) is 5.82 Å². The zero-order valence-electron chi connectivity index (χ0n) is 14.4. The Labute approximate surface area is 149 Å². The van der Waals surface area contributed by atoms with Crippen LogP contribution in [0.3, 0.4) is 0 Å². The van der Waals surface area contributed by atoms with Crippen molar-refractivity contribution in [1.82, 2.24) is 24.8 Å². The summed E-state index contributed by atoms with van der Waals surface area (Å²) in [5.41, 5.74) is 1.03. The first-order chi connectivity index (χ1) is 12.6. The summed E-state index contributed by atoms with van der Waals surface area (Å²) in [5.74, 6) is 0.137. The Hall–Kier alpha value is -2.30. The topological polar surface area (TPSA) is 134 Å². The normalized spacial score (nSPS) is 29.3. The van der Waals surface area contributed by atoms with Crippen LogP contribution in [0.5, 0.6) is 0 Å². The molecule has 0 spiro atoms. The highest BCUT2D eigenvalue weighted by atomic mass is 16.6. The fraction of sp³-hybridized carbons (Fsp3) is 0.625. The molecule has 1 saturated carbocycles. The molecule has 2 aromatic heterocycles. The smallest absolute Gasteiger partial charge is 0.251 e. The number of anilines is 1. The molecule has 140 valence electrons. The number of hydrogen-bond acceptors (Lipinski definition) is 8. The average Bonchev–Trinajstić information content (AvgIpc) is 3.36. The molecule has 4 atom stereocenters. The summed E-state index contributed by atoms with van der Waals surface area (Å²) in [6.07, 6.45) is 2.74. The van der Waals surface area contributed by atoms with Gasteiger partial charge in [0.25, 0.3) is 5.91 Å². The lowest BCUT2D eigenvalue weighted by Crippen LogP contribution is -2.41. The van der Waals surface area contributed by atoms with Gasteiger partial charge in [-0.1, -0.05) is 12.8 Å². The third kappa shape index (κ3) is 2.79. The number of aliphatic hydroxyl groups is 2. The number of rotatable bonds is 4. The highest BCUT2D eigenvalue weighted by molar-refractivity contribution is 5.83. The highest BCUT2D eigenvalue weighted by Crippen LogP contribution is 2.33. The van der Waals surface area contributed by atoms with Crippen LogP contribution in [-0.4, -0.2) is 67.0 Å². The van der Waals surface area contributed by atoms with Crippen molar-refractivity contribution in [1.29, 1.82) is 0 Å². The number of carbonyl (C=O) groups is 1.